The minimum absolute atomic E-state index is 0.288. The fourth-order valence-corrected chi connectivity index (χ4v) is 3.21. The van der Waals surface area contributed by atoms with Crippen molar-refractivity contribution in [3.05, 3.63) is 71.3 Å². The summed E-state index contributed by atoms with van der Waals surface area (Å²) < 4.78 is 6.01. The number of ether oxygens (including phenoxy) is 1. The van der Waals surface area contributed by atoms with E-state index in [0.29, 0.717) is 6.61 Å². The Labute approximate surface area is 149 Å². The Hall–Kier alpha value is -2.55. The van der Waals surface area contributed by atoms with Gasteiger partial charge in [-0.05, 0) is 48.6 Å². The fraction of sp³-hybridized carbons (Fsp3) is 0.318. The molecule has 2 aromatic carbocycles. The zero-order chi connectivity index (χ0) is 17.5. The van der Waals surface area contributed by atoms with Crippen LogP contribution in [-0.2, 0) is 0 Å². The number of hydrogen-bond donors (Lipinski definition) is 1. The number of carbonyl (C=O) groups is 1. The van der Waals surface area contributed by atoms with E-state index in [0.717, 1.165) is 41.7 Å². The fourth-order valence-electron chi connectivity index (χ4n) is 3.21. The Morgan fingerprint density at radius 3 is 2.48 bits per heavy atom. The molecule has 0 fully saturated rings. The maximum atomic E-state index is 11.4. The van der Waals surface area contributed by atoms with Crippen LogP contribution in [0.5, 0.6) is 5.75 Å². The first-order valence-corrected chi connectivity index (χ1v) is 9.02. The molecule has 0 aromatic heterocycles. The highest BCUT2D eigenvalue weighted by Gasteiger charge is 2.15. The lowest BCUT2D eigenvalue weighted by Crippen LogP contribution is -2.04. The van der Waals surface area contributed by atoms with Crippen molar-refractivity contribution >= 4 is 11.5 Å². The molecule has 1 N–H and O–H groups in total. The molecular weight excluding hydrogens is 312 g/mol. The van der Waals surface area contributed by atoms with Gasteiger partial charge >= 0.3 is 5.97 Å². The molecule has 1 aliphatic rings. The van der Waals surface area contributed by atoms with Gasteiger partial charge in [-0.25, -0.2) is 4.79 Å². The summed E-state index contributed by atoms with van der Waals surface area (Å²) in [6.07, 6.45) is 9.04. The molecule has 1 aliphatic heterocycles. The largest absolute Gasteiger partial charge is 0.493 e. The van der Waals surface area contributed by atoms with Crippen molar-refractivity contribution in [3.63, 3.8) is 0 Å². The summed E-state index contributed by atoms with van der Waals surface area (Å²) in [6, 6.07) is 15.3. The molecule has 25 heavy (non-hydrogen) atoms. The molecule has 0 saturated carbocycles. The number of hydrogen-bond acceptors (Lipinski definition) is 2. The van der Waals surface area contributed by atoms with Gasteiger partial charge in [0.1, 0.15) is 5.75 Å². The molecule has 2 aromatic rings. The third-order valence-electron chi connectivity index (χ3n) is 4.56. The Balaban J connectivity index is 2.09. The smallest absolute Gasteiger partial charge is 0.335 e. The topological polar surface area (TPSA) is 46.5 Å². The first-order valence-electron chi connectivity index (χ1n) is 9.02. The van der Waals surface area contributed by atoms with Gasteiger partial charge in [-0.3, -0.25) is 0 Å². The van der Waals surface area contributed by atoms with Crippen LogP contribution in [0.3, 0.4) is 0 Å². The van der Waals surface area contributed by atoms with Gasteiger partial charge in [0.2, 0.25) is 0 Å². The Morgan fingerprint density at radius 2 is 1.68 bits per heavy atom. The molecule has 130 valence electrons. The predicted octanol–water partition coefficient (Wildman–Crippen LogP) is 5.55. The van der Waals surface area contributed by atoms with Gasteiger partial charge in [-0.1, -0.05) is 55.7 Å². The molecule has 0 saturated heterocycles. The van der Waals surface area contributed by atoms with Crippen LogP contribution in [-0.4, -0.2) is 17.7 Å². The molecule has 0 aliphatic carbocycles. The van der Waals surface area contributed by atoms with Crippen LogP contribution in [0, 0.1) is 0 Å². The number of fused-ring (bicyclic) bond motifs is 1. The van der Waals surface area contributed by atoms with E-state index in [9.17, 15) is 9.90 Å². The average molecular weight is 336 g/mol. The lowest BCUT2D eigenvalue weighted by molar-refractivity contribution is 0.0697. The molecule has 1 heterocycles. The number of aromatic carboxylic acids is 1. The summed E-state index contributed by atoms with van der Waals surface area (Å²) in [5, 5.41) is 9.39. The van der Waals surface area contributed by atoms with Crippen LogP contribution in [0.15, 0.2) is 54.6 Å². The van der Waals surface area contributed by atoms with E-state index in [2.05, 4.69) is 18.2 Å². The van der Waals surface area contributed by atoms with E-state index in [-0.39, 0.29) is 5.56 Å². The monoisotopic (exact) mass is 336 g/mol. The second kappa shape index (κ2) is 8.52. The van der Waals surface area contributed by atoms with Crippen LogP contribution in [0.25, 0.3) is 5.57 Å². The van der Waals surface area contributed by atoms with Gasteiger partial charge in [-0.2, -0.15) is 0 Å². The maximum absolute atomic E-state index is 11.4. The average Bonchev–Trinajstić information content (AvgIpc) is 2.63. The van der Waals surface area contributed by atoms with E-state index >= 15 is 0 Å². The van der Waals surface area contributed by atoms with Crippen LogP contribution in [0.1, 0.15) is 60.0 Å². The van der Waals surface area contributed by atoms with Gasteiger partial charge in [0.15, 0.2) is 0 Å². The first kappa shape index (κ1) is 17.3. The molecule has 0 unspecified atom stereocenters. The number of benzene rings is 2. The van der Waals surface area contributed by atoms with Crippen LogP contribution >= 0.6 is 0 Å². The molecule has 0 spiro atoms. The number of carboxylic acid groups (broad SMARTS) is 1. The maximum Gasteiger partial charge on any atom is 0.335 e. The first-order chi connectivity index (χ1) is 12.3. The second-order valence-electron chi connectivity index (χ2n) is 6.40. The molecule has 3 heteroatoms. The highest BCUT2D eigenvalue weighted by atomic mass is 16.5. The molecule has 0 atom stereocenters. The lowest BCUT2D eigenvalue weighted by atomic mass is 9.93. The highest BCUT2D eigenvalue weighted by Crippen LogP contribution is 2.33. The van der Waals surface area contributed by atoms with Crippen LogP contribution < -0.4 is 4.74 Å². The van der Waals surface area contributed by atoms with Crippen molar-refractivity contribution in [2.75, 3.05) is 6.61 Å². The van der Waals surface area contributed by atoms with E-state index < -0.39 is 5.97 Å². The molecule has 3 nitrogen and oxygen atoms in total. The molecule has 3 rings (SSSR count). The highest BCUT2D eigenvalue weighted by molar-refractivity contribution is 5.91. The van der Waals surface area contributed by atoms with Crippen LogP contribution in [0.2, 0.25) is 0 Å². The number of allylic oxidation sites excluding steroid dienone is 1. The van der Waals surface area contributed by atoms with Gasteiger partial charge in [0.05, 0.1) is 12.2 Å². The molecule has 0 bridgehead atoms. The predicted molar refractivity (Wildman–Crippen MR) is 100 cm³/mol. The summed E-state index contributed by atoms with van der Waals surface area (Å²) in [5.41, 5.74) is 3.30. The van der Waals surface area contributed by atoms with Crippen molar-refractivity contribution in [3.8, 4) is 5.75 Å². The van der Waals surface area contributed by atoms with E-state index in [1.54, 1.807) is 18.2 Å². The standard InChI is InChI=1S/C22H24O3/c23-22(24)18-13-14-21-20(16-18)19(17-10-6-5-7-11-17)12-8-3-1-2-4-9-15-25-21/h5-7,10-14,16H,1-4,8-9,15H2,(H,23,24)/b19-12-. The Kier molecular flexibility index (Phi) is 5.89. The van der Waals surface area contributed by atoms with Crippen molar-refractivity contribution in [2.45, 2.75) is 38.5 Å². The van der Waals surface area contributed by atoms with Crippen LogP contribution in [0.4, 0.5) is 0 Å². The molecular formula is C22H24O3. The third-order valence-corrected chi connectivity index (χ3v) is 4.56. The summed E-state index contributed by atoms with van der Waals surface area (Å²) in [6.45, 7) is 0.668. The minimum Gasteiger partial charge on any atom is -0.493 e. The minimum atomic E-state index is -0.915. The molecule has 0 radical (unpaired) electrons. The summed E-state index contributed by atoms with van der Waals surface area (Å²) in [5.74, 6) is -0.151. The van der Waals surface area contributed by atoms with Crippen molar-refractivity contribution in [1.82, 2.24) is 0 Å². The zero-order valence-corrected chi connectivity index (χ0v) is 14.4. The van der Waals surface area contributed by atoms with Crippen molar-refractivity contribution < 1.29 is 14.6 Å². The lowest BCUT2D eigenvalue weighted by Gasteiger charge is -2.17. The number of rotatable bonds is 2. The van der Waals surface area contributed by atoms with E-state index in [4.69, 9.17) is 4.74 Å². The van der Waals surface area contributed by atoms with Gasteiger partial charge in [-0.15, -0.1) is 0 Å². The number of carboxylic acids is 1. The third kappa shape index (κ3) is 4.50. The SMILES string of the molecule is O=C(O)c1ccc2c(c1)/C(c1ccccc1)=C\CCCCCCCO2. The van der Waals surface area contributed by atoms with E-state index in [1.807, 2.05) is 18.2 Å². The van der Waals surface area contributed by atoms with Crippen molar-refractivity contribution in [1.29, 1.82) is 0 Å². The second-order valence-corrected chi connectivity index (χ2v) is 6.40. The summed E-state index contributed by atoms with van der Waals surface area (Å²) in [4.78, 5) is 11.4. The Morgan fingerprint density at radius 1 is 0.920 bits per heavy atom. The summed E-state index contributed by atoms with van der Waals surface area (Å²) >= 11 is 0. The summed E-state index contributed by atoms with van der Waals surface area (Å²) in [7, 11) is 0. The normalized spacial score (nSPS) is 17.8. The van der Waals surface area contributed by atoms with Gasteiger partial charge < -0.3 is 9.84 Å². The van der Waals surface area contributed by atoms with E-state index in [1.165, 1.54) is 19.3 Å². The Bertz CT molecular complexity index is 747. The molecule has 0 amide bonds. The zero-order valence-electron chi connectivity index (χ0n) is 14.4. The van der Waals surface area contributed by atoms with Crippen molar-refractivity contribution in [2.24, 2.45) is 0 Å². The van der Waals surface area contributed by atoms with Gasteiger partial charge in [0, 0.05) is 5.56 Å². The van der Waals surface area contributed by atoms with Gasteiger partial charge in [0.25, 0.3) is 0 Å². The quantitative estimate of drug-likeness (QED) is 0.782.